The van der Waals surface area contributed by atoms with E-state index in [2.05, 4.69) is 0 Å². The molecule has 110 valence electrons. The number of amides is 1. The number of nitrogens with zero attached hydrogens (tertiary/aromatic N) is 1. The average molecular weight is 304 g/mol. The van der Waals surface area contributed by atoms with Gasteiger partial charge in [-0.25, -0.2) is 0 Å². The molecule has 0 aliphatic rings. The van der Waals surface area contributed by atoms with Gasteiger partial charge in [0.15, 0.2) is 0 Å². The average Bonchev–Trinajstić information content (AvgIpc) is 2.98. The van der Waals surface area contributed by atoms with Gasteiger partial charge in [-0.3, -0.25) is 14.5 Å². The van der Waals surface area contributed by atoms with Crippen LogP contribution in [0.5, 0.6) is 0 Å². The first-order valence-corrected chi connectivity index (χ1v) is 7.26. The third kappa shape index (κ3) is 3.68. The van der Waals surface area contributed by atoms with E-state index in [1.807, 2.05) is 24.4 Å². The number of rotatable bonds is 5. The first-order valence-electron chi connectivity index (χ1n) is 6.38. The predicted octanol–water partition coefficient (Wildman–Crippen LogP) is 2.17. The van der Waals surface area contributed by atoms with E-state index < -0.39 is 24.5 Å². The fraction of sp³-hybridized carbons (Fsp3) is 0.200. The van der Waals surface area contributed by atoms with E-state index in [0.717, 1.165) is 5.56 Å². The maximum atomic E-state index is 12.5. The van der Waals surface area contributed by atoms with Crippen molar-refractivity contribution in [2.45, 2.75) is 13.0 Å². The van der Waals surface area contributed by atoms with Gasteiger partial charge < -0.3 is 10.8 Å². The summed E-state index contributed by atoms with van der Waals surface area (Å²) >= 11 is 1.37. The number of thiophene rings is 1. The van der Waals surface area contributed by atoms with E-state index in [9.17, 15) is 9.59 Å². The van der Waals surface area contributed by atoms with Crippen LogP contribution >= 0.6 is 11.3 Å². The lowest BCUT2D eigenvalue weighted by molar-refractivity contribution is -0.136. The number of hydrogen-bond donors (Lipinski definition) is 2. The SMILES string of the molecule is Cc1ccc(N(CC(=O)O)C(=O)C(N)c2cccs2)cc1. The summed E-state index contributed by atoms with van der Waals surface area (Å²) in [5.74, 6) is -1.51. The van der Waals surface area contributed by atoms with E-state index >= 15 is 0 Å². The molecular formula is C15H16N2O3S. The molecule has 1 atom stereocenters. The maximum absolute atomic E-state index is 12.5. The second-order valence-electron chi connectivity index (χ2n) is 4.65. The Bertz CT molecular complexity index is 623. The minimum Gasteiger partial charge on any atom is -0.480 e. The Morgan fingerprint density at radius 3 is 2.48 bits per heavy atom. The van der Waals surface area contributed by atoms with Crippen LogP contribution in [0.15, 0.2) is 41.8 Å². The Labute approximate surface area is 126 Å². The molecule has 3 N–H and O–H groups in total. The second-order valence-corrected chi connectivity index (χ2v) is 5.63. The van der Waals surface area contributed by atoms with Crippen molar-refractivity contribution in [3.63, 3.8) is 0 Å². The molecule has 6 heteroatoms. The Balaban J connectivity index is 2.29. The van der Waals surface area contributed by atoms with Crippen molar-refractivity contribution in [2.24, 2.45) is 5.73 Å². The number of benzene rings is 1. The zero-order valence-electron chi connectivity index (χ0n) is 11.5. The zero-order chi connectivity index (χ0) is 15.4. The van der Waals surface area contributed by atoms with Crippen LogP contribution in [0.1, 0.15) is 16.5 Å². The number of aryl methyl sites for hydroxylation is 1. The van der Waals surface area contributed by atoms with Gasteiger partial charge >= 0.3 is 5.97 Å². The van der Waals surface area contributed by atoms with Crippen molar-refractivity contribution in [3.8, 4) is 0 Å². The molecule has 1 aromatic heterocycles. The van der Waals surface area contributed by atoms with Gasteiger partial charge in [-0.2, -0.15) is 0 Å². The molecule has 1 aromatic carbocycles. The largest absolute Gasteiger partial charge is 0.480 e. The van der Waals surface area contributed by atoms with Crippen molar-refractivity contribution in [3.05, 3.63) is 52.2 Å². The van der Waals surface area contributed by atoms with Crippen molar-refractivity contribution >= 4 is 28.9 Å². The third-order valence-corrected chi connectivity index (χ3v) is 3.98. The zero-order valence-corrected chi connectivity index (χ0v) is 12.3. The van der Waals surface area contributed by atoms with Gasteiger partial charge in [0.1, 0.15) is 12.6 Å². The summed E-state index contributed by atoms with van der Waals surface area (Å²) < 4.78 is 0. The molecule has 0 spiro atoms. The molecule has 0 radical (unpaired) electrons. The van der Waals surface area contributed by atoms with Gasteiger partial charge in [-0.1, -0.05) is 23.8 Å². The summed E-state index contributed by atoms with van der Waals surface area (Å²) in [6.45, 7) is 1.51. The molecule has 2 rings (SSSR count). The summed E-state index contributed by atoms with van der Waals surface area (Å²) in [6.07, 6.45) is 0. The number of aliphatic carboxylic acids is 1. The van der Waals surface area contributed by atoms with Crippen LogP contribution in [0.4, 0.5) is 5.69 Å². The second kappa shape index (κ2) is 6.51. The number of carboxylic acid groups (broad SMARTS) is 1. The van der Waals surface area contributed by atoms with Crippen LogP contribution in [0.2, 0.25) is 0 Å². The van der Waals surface area contributed by atoms with Crippen LogP contribution in [-0.2, 0) is 9.59 Å². The van der Waals surface area contributed by atoms with E-state index in [-0.39, 0.29) is 0 Å². The van der Waals surface area contributed by atoms with Gasteiger partial charge in [0.2, 0.25) is 5.91 Å². The number of hydrogen-bond acceptors (Lipinski definition) is 4. The highest BCUT2D eigenvalue weighted by atomic mass is 32.1. The standard InChI is InChI=1S/C15H16N2O3S/c1-10-4-6-11(7-5-10)17(9-13(18)19)15(20)14(16)12-3-2-8-21-12/h2-8,14H,9,16H2,1H3,(H,18,19). The van der Waals surface area contributed by atoms with Crippen LogP contribution in [-0.4, -0.2) is 23.5 Å². The Hall–Kier alpha value is -2.18. The molecule has 1 amide bonds. The molecule has 2 aromatic rings. The number of carbonyl (C=O) groups excluding carboxylic acids is 1. The van der Waals surface area contributed by atoms with Crippen molar-refractivity contribution in [1.29, 1.82) is 0 Å². The molecule has 21 heavy (non-hydrogen) atoms. The first-order chi connectivity index (χ1) is 9.99. The lowest BCUT2D eigenvalue weighted by Crippen LogP contribution is -2.41. The lowest BCUT2D eigenvalue weighted by Gasteiger charge is -2.24. The van der Waals surface area contributed by atoms with E-state index in [1.165, 1.54) is 16.2 Å². The topological polar surface area (TPSA) is 83.6 Å². The predicted molar refractivity (Wildman–Crippen MR) is 82.4 cm³/mol. The molecule has 0 saturated carbocycles. The van der Waals surface area contributed by atoms with Crippen LogP contribution in [0, 0.1) is 6.92 Å². The third-order valence-electron chi connectivity index (χ3n) is 3.02. The van der Waals surface area contributed by atoms with Crippen molar-refractivity contribution in [1.82, 2.24) is 0 Å². The number of carbonyl (C=O) groups is 2. The molecule has 1 unspecified atom stereocenters. The van der Waals surface area contributed by atoms with Crippen LogP contribution in [0.25, 0.3) is 0 Å². The number of anilines is 1. The van der Waals surface area contributed by atoms with E-state index in [0.29, 0.717) is 10.6 Å². The molecule has 1 heterocycles. The molecule has 0 bridgehead atoms. The highest BCUT2D eigenvalue weighted by molar-refractivity contribution is 7.10. The van der Waals surface area contributed by atoms with Crippen molar-refractivity contribution in [2.75, 3.05) is 11.4 Å². The fourth-order valence-corrected chi connectivity index (χ4v) is 2.63. The van der Waals surface area contributed by atoms with Gasteiger partial charge in [-0.05, 0) is 30.5 Å². The fourth-order valence-electron chi connectivity index (χ4n) is 1.91. The molecule has 0 aliphatic carbocycles. The van der Waals surface area contributed by atoms with Gasteiger partial charge in [0.05, 0.1) is 0 Å². The summed E-state index contributed by atoms with van der Waals surface area (Å²) in [4.78, 5) is 25.4. The molecule has 5 nitrogen and oxygen atoms in total. The smallest absolute Gasteiger partial charge is 0.323 e. The van der Waals surface area contributed by atoms with E-state index in [4.69, 9.17) is 10.8 Å². The minimum absolute atomic E-state index is 0.416. The van der Waals surface area contributed by atoms with Gasteiger partial charge in [0.25, 0.3) is 0 Å². The molecule has 0 fully saturated rings. The van der Waals surface area contributed by atoms with Gasteiger partial charge in [-0.15, -0.1) is 11.3 Å². The highest BCUT2D eigenvalue weighted by Gasteiger charge is 2.26. The summed E-state index contributed by atoms with van der Waals surface area (Å²) in [6, 6.07) is 9.81. The number of carboxylic acids is 1. The first kappa shape index (κ1) is 15.2. The quantitative estimate of drug-likeness (QED) is 0.886. The highest BCUT2D eigenvalue weighted by Crippen LogP contribution is 2.23. The minimum atomic E-state index is -1.08. The monoisotopic (exact) mass is 304 g/mol. The normalized spacial score (nSPS) is 11.9. The van der Waals surface area contributed by atoms with Crippen LogP contribution < -0.4 is 10.6 Å². The van der Waals surface area contributed by atoms with E-state index in [1.54, 1.807) is 24.3 Å². The Kier molecular flexibility index (Phi) is 4.72. The van der Waals surface area contributed by atoms with Crippen molar-refractivity contribution < 1.29 is 14.7 Å². The molecule has 0 aliphatic heterocycles. The van der Waals surface area contributed by atoms with Crippen LogP contribution in [0.3, 0.4) is 0 Å². The molecular weight excluding hydrogens is 288 g/mol. The summed E-state index contributed by atoms with van der Waals surface area (Å²) in [5, 5.41) is 10.9. The lowest BCUT2D eigenvalue weighted by atomic mass is 10.1. The molecule has 0 saturated heterocycles. The Morgan fingerprint density at radius 2 is 1.95 bits per heavy atom. The summed E-state index contributed by atoms with van der Waals surface area (Å²) in [5.41, 5.74) is 7.51. The maximum Gasteiger partial charge on any atom is 0.323 e. The number of nitrogens with two attached hydrogens (primary N) is 1. The summed E-state index contributed by atoms with van der Waals surface area (Å²) in [7, 11) is 0. The van der Waals surface area contributed by atoms with Gasteiger partial charge in [0, 0.05) is 10.6 Å². The Morgan fingerprint density at radius 1 is 1.29 bits per heavy atom.